The van der Waals surface area contributed by atoms with Crippen molar-refractivity contribution >= 4 is 28.2 Å². The number of benzene rings is 2. The summed E-state index contributed by atoms with van der Waals surface area (Å²) in [6, 6.07) is 9.73. The Bertz CT molecular complexity index is 1280. The normalized spacial score (nSPS) is 12.5. The minimum absolute atomic E-state index is 0.0996. The van der Waals surface area contributed by atoms with E-state index in [-0.39, 0.29) is 23.8 Å². The van der Waals surface area contributed by atoms with Crippen molar-refractivity contribution in [2.45, 2.75) is 12.9 Å². The quantitative estimate of drug-likeness (QED) is 0.417. The smallest absolute Gasteiger partial charge is 0.406 e. The maximum atomic E-state index is 14.0. The molecule has 5 N–H and O–H groups in total. The number of hydrogen-bond acceptors (Lipinski definition) is 6. The summed E-state index contributed by atoms with van der Waals surface area (Å²) in [5.41, 5.74) is 13.9. The third-order valence-electron chi connectivity index (χ3n) is 4.42. The molecule has 0 amide bonds. The summed E-state index contributed by atoms with van der Waals surface area (Å²) in [6.07, 6.45) is -1.58. The summed E-state index contributed by atoms with van der Waals surface area (Å²) in [7, 11) is 0. The van der Waals surface area contributed by atoms with Gasteiger partial charge in [-0.25, -0.2) is 14.4 Å². The maximum Gasteiger partial charge on any atom is 0.573 e. The van der Waals surface area contributed by atoms with Gasteiger partial charge in [-0.05, 0) is 42.0 Å². The third kappa shape index (κ3) is 4.29. The predicted octanol–water partition coefficient (Wildman–Crippen LogP) is 3.55. The predicted molar refractivity (Wildman–Crippen MR) is 107 cm³/mol. The monoisotopic (exact) mass is 432 g/mol. The van der Waals surface area contributed by atoms with Gasteiger partial charge in [-0.1, -0.05) is 6.07 Å². The fourth-order valence-corrected chi connectivity index (χ4v) is 3.05. The molecule has 0 bridgehead atoms. The molecule has 11 heteroatoms. The summed E-state index contributed by atoms with van der Waals surface area (Å²) in [4.78, 5) is 8.57. The first-order valence-corrected chi connectivity index (χ1v) is 8.98. The minimum atomic E-state index is -4.76. The van der Waals surface area contributed by atoms with E-state index in [0.29, 0.717) is 28.0 Å². The van der Waals surface area contributed by atoms with E-state index in [0.717, 1.165) is 0 Å². The summed E-state index contributed by atoms with van der Waals surface area (Å²) >= 11 is 0. The van der Waals surface area contributed by atoms with Crippen molar-refractivity contribution in [1.82, 2.24) is 19.7 Å². The van der Waals surface area contributed by atoms with Gasteiger partial charge in [0.1, 0.15) is 22.7 Å². The maximum absolute atomic E-state index is 14.0. The molecule has 2 heterocycles. The van der Waals surface area contributed by atoms with Crippen LogP contribution in [-0.2, 0) is 6.54 Å². The fraction of sp³-hybridized carbons (Fsp3) is 0.100. The lowest BCUT2D eigenvalue weighted by molar-refractivity contribution is -0.274. The minimum Gasteiger partial charge on any atom is -0.406 e. The van der Waals surface area contributed by atoms with Crippen LogP contribution < -0.4 is 21.5 Å². The number of fused-ring (bicyclic) bond motifs is 3. The van der Waals surface area contributed by atoms with Gasteiger partial charge in [0.15, 0.2) is 0 Å². The highest BCUT2D eigenvalue weighted by molar-refractivity contribution is 5.92. The van der Waals surface area contributed by atoms with E-state index in [1.807, 2.05) is 0 Å². The molecule has 0 aliphatic carbocycles. The van der Waals surface area contributed by atoms with Gasteiger partial charge in [-0.15, -0.1) is 13.2 Å². The van der Waals surface area contributed by atoms with Crippen molar-refractivity contribution in [1.29, 1.82) is 0 Å². The van der Waals surface area contributed by atoms with Crippen LogP contribution in [0.2, 0.25) is 0 Å². The molecule has 4 aromatic rings. The Hall–Kier alpha value is -4.02. The van der Waals surface area contributed by atoms with E-state index < -0.39 is 12.2 Å². The van der Waals surface area contributed by atoms with Crippen molar-refractivity contribution < 1.29 is 22.3 Å². The van der Waals surface area contributed by atoms with Crippen LogP contribution in [0, 0.1) is 5.82 Å². The van der Waals surface area contributed by atoms with E-state index in [9.17, 15) is 17.6 Å². The largest absolute Gasteiger partial charge is 0.573 e. The number of nitrogens with two attached hydrogens (primary N) is 2. The average Bonchev–Trinajstić information content (AvgIpc) is 3.13. The van der Waals surface area contributed by atoms with Crippen LogP contribution in [0.1, 0.15) is 11.3 Å². The van der Waals surface area contributed by atoms with E-state index in [2.05, 4.69) is 20.0 Å². The van der Waals surface area contributed by atoms with E-state index in [1.165, 1.54) is 36.5 Å². The molecular formula is C20H16F4N6O. The van der Waals surface area contributed by atoms with Gasteiger partial charge >= 0.3 is 6.36 Å². The highest BCUT2D eigenvalue weighted by Crippen LogP contribution is 2.24. The summed E-state index contributed by atoms with van der Waals surface area (Å²) in [6.45, 7) is 0.272. The second kappa shape index (κ2) is 7.67. The number of halogens is 4. The lowest BCUT2D eigenvalue weighted by atomic mass is 10.1. The lowest BCUT2D eigenvalue weighted by Gasteiger charge is -2.09. The van der Waals surface area contributed by atoms with Crippen LogP contribution in [0.5, 0.6) is 5.75 Å². The first kappa shape index (κ1) is 20.3. The molecule has 0 aliphatic heterocycles. The van der Waals surface area contributed by atoms with Crippen LogP contribution in [-0.4, -0.2) is 20.7 Å². The number of alkyl halides is 3. The van der Waals surface area contributed by atoms with Gasteiger partial charge in [0.05, 0.1) is 17.9 Å². The molecule has 0 aliphatic rings. The molecule has 0 unspecified atom stereocenters. The molecule has 2 aromatic heterocycles. The molecule has 0 spiro atoms. The standard InChI is InChI=1S/C20H16F4N6O/c21-15-3-1-2-14-17(15)29-19(26)30-10-12(28-18(14)30)8-27-9-16(25)11-4-6-13(7-5-11)31-20(22,23)24/h1-7,9-10,27H,8,25H2,(H2,26,29)/b16-9-. The zero-order valence-electron chi connectivity index (χ0n) is 15.8. The second-order valence-corrected chi connectivity index (χ2v) is 6.58. The van der Waals surface area contributed by atoms with Gasteiger partial charge in [0.2, 0.25) is 5.95 Å². The lowest BCUT2D eigenvalue weighted by Crippen LogP contribution is -2.17. The zero-order chi connectivity index (χ0) is 22.2. The zero-order valence-corrected chi connectivity index (χ0v) is 15.8. The van der Waals surface area contributed by atoms with Crippen LogP contribution in [0.15, 0.2) is 54.9 Å². The van der Waals surface area contributed by atoms with E-state index >= 15 is 0 Å². The van der Waals surface area contributed by atoms with Crippen molar-refractivity contribution in [2.75, 3.05) is 5.73 Å². The number of imidazole rings is 1. The third-order valence-corrected chi connectivity index (χ3v) is 4.42. The van der Waals surface area contributed by atoms with Crippen LogP contribution in [0.3, 0.4) is 0 Å². The highest BCUT2D eigenvalue weighted by Gasteiger charge is 2.30. The molecule has 0 saturated carbocycles. The van der Waals surface area contributed by atoms with Crippen molar-refractivity contribution in [3.63, 3.8) is 0 Å². The molecule has 31 heavy (non-hydrogen) atoms. The summed E-state index contributed by atoms with van der Waals surface area (Å²) in [5, 5.41) is 3.51. The number of ether oxygens (including phenoxy) is 1. The first-order chi connectivity index (χ1) is 14.7. The fourth-order valence-electron chi connectivity index (χ4n) is 3.05. The average molecular weight is 432 g/mol. The number of para-hydroxylation sites is 1. The van der Waals surface area contributed by atoms with Gasteiger partial charge in [0, 0.05) is 17.8 Å². The molecule has 160 valence electrons. The van der Waals surface area contributed by atoms with Gasteiger partial charge < -0.3 is 21.5 Å². The molecular weight excluding hydrogens is 416 g/mol. The Morgan fingerprint density at radius 2 is 1.87 bits per heavy atom. The molecule has 0 fully saturated rings. The molecule has 0 radical (unpaired) electrons. The molecule has 0 atom stereocenters. The van der Waals surface area contributed by atoms with Crippen molar-refractivity contribution in [3.8, 4) is 5.75 Å². The van der Waals surface area contributed by atoms with Crippen LogP contribution in [0.25, 0.3) is 22.2 Å². The molecule has 7 nitrogen and oxygen atoms in total. The summed E-state index contributed by atoms with van der Waals surface area (Å²) in [5.74, 6) is -0.726. The number of anilines is 1. The summed E-state index contributed by atoms with van der Waals surface area (Å²) < 4.78 is 56.1. The molecule has 4 rings (SSSR count). The molecule has 2 aromatic carbocycles. The van der Waals surface area contributed by atoms with Crippen molar-refractivity contribution in [2.24, 2.45) is 5.73 Å². The first-order valence-electron chi connectivity index (χ1n) is 8.98. The van der Waals surface area contributed by atoms with E-state index in [4.69, 9.17) is 11.5 Å². The number of aromatic nitrogens is 3. The Morgan fingerprint density at radius 3 is 2.58 bits per heavy atom. The Morgan fingerprint density at radius 1 is 1.13 bits per heavy atom. The number of nitrogen functional groups attached to an aromatic ring is 1. The Labute approximate surface area is 173 Å². The number of hydrogen-bond donors (Lipinski definition) is 3. The number of rotatable bonds is 5. The van der Waals surface area contributed by atoms with Gasteiger partial charge in [-0.2, -0.15) is 0 Å². The van der Waals surface area contributed by atoms with Gasteiger partial charge in [0.25, 0.3) is 0 Å². The second-order valence-electron chi connectivity index (χ2n) is 6.58. The van der Waals surface area contributed by atoms with Gasteiger partial charge in [-0.3, -0.25) is 4.40 Å². The topological polar surface area (TPSA) is 103 Å². The number of nitrogens with zero attached hydrogens (tertiary/aromatic N) is 3. The van der Waals surface area contributed by atoms with Crippen molar-refractivity contribution in [3.05, 3.63) is 71.9 Å². The SMILES string of the molecule is N/C(=C\NCc1cn2c(N)nc3c(F)cccc3c2n1)c1ccc(OC(F)(F)F)cc1. The molecule has 0 saturated heterocycles. The number of nitrogens with one attached hydrogen (secondary N) is 1. The van der Waals surface area contributed by atoms with Crippen LogP contribution >= 0.6 is 0 Å². The Kier molecular flexibility index (Phi) is 5.01. The van der Waals surface area contributed by atoms with E-state index in [1.54, 1.807) is 22.7 Å². The highest BCUT2D eigenvalue weighted by atomic mass is 19.4. The van der Waals surface area contributed by atoms with Crippen LogP contribution in [0.4, 0.5) is 23.5 Å². The Balaban J connectivity index is 1.50.